The molecule has 2 unspecified atom stereocenters. The summed E-state index contributed by atoms with van der Waals surface area (Å²) in [4.78, 5) is 2.27. The summed E-state index contributed by atoms with van der Waals surface area (Å²) in [6.45, 7) is 5.32. The number of morpholine rings is 1. The maximum absolute atomic E-state index is 5.92. The first-order chi connectivity index (χ1) is 9.15. The van der Waals surface area contributed by atoms with Gasteiger partial charge in [0, 0.05) is 19.1 Å². The first-order valence-electron chi connectivity index (χ1n) is 6.91. The van der Waals surface area contributed by atoms with Gasteiger partial charge < -0.3 is 20.1 Å². The molecule has 0 aromatic heterocycles. The van der Waals surface area contributed by atoms with Crippen molar-refractivity contribution in [1.29, 1.82) is 0 Å². The second-order valence-corrected chi connectivity index (χ2v) is 5.36. The molecule has 106 valence electrons. The van der Waals surface area contributed by atoms with E-state index in [0.717, 1.165) is 31.9 Å². The number of benzene rings is 1. The van der Waals surface area contributed by atoms with E-state index in [0.29, 0.717) is 6.61 Å². The topological polar surface area (TPSA) is 47.7 Å². The molecule has 1 aliphatic rings. The predicted molar refractivity (Wildman–Crippen MR) is 76.5 cm³/mol. The van der Waals surface area contributed by atoms with Crippen LogP contribution in [0.25, 0.3) is 0 Å². The van der Waals surface area contributed by atoms with Crippen LogP contribution in [0.2, 0.25) is 0 Å². The summed E-state index contributed by atoms with van der Waals surface area (Å²) in [5.74, 6) is 0.927. The van der Waals surface area contributed by atoms with E-state index >= 15 is 0 Å². The van der Waals surface area contributed by atoms with Crippen molar-refractivity contribution >= 4 is 0 Å². The summed E-state index contributed by atoms with van der Waals surface area (Å²) in [7, 11) is 2.11. The number of ether oxygens (including phenoxy) is 2. The summed E-state index contributed by atoms with van der Waals surface area (Å²) >= 11 is 0. The average Bonchev–Trinajstić information content (AvgIpc) is 2.37. The van der Waals surface area contributed by atoms with Gasteiger partial charge in [0.1, 0.15) is 18.5 Å². The third-order valence-electron chi connectivity index (χ3n) is 3.28. The molecule has 0 bridgehead atoms. The van der Waals surface area contributed by atoms with E-state index in [1.54, 1.807) is 0 Å². The number of nitrogens with zero attached hydrogens (tertiary/aromatic N) is 1. The molecule has 1 fully saturated rings. The molecule has 1 saturated heterocycles. The molecule has 0 amide bonds. The standard InChI is InChI=1S/C15H24N2O2/c1-12(16)9-13-5-3-4-6-15(13)19-11-14-10-17(2)7-8-18-14/h3-6,12,14H,7-11,16H2,1-2H3. The Morgan fingerprint density at radius 2 is 2.26 bits per heavy atom. The van der Waals surface area contributed by atoms with E-state index in [-0.39, 0.29) is 12.1 Å². The lowest BCUT2D eigenvalue weighted by atomic mass is 10.1. The van der Waals surface area contributed by atoms with E-state index < -0.39 is 0 Å². The van der Waals surface area contributed by atoms with Gasteiger partial charge in [0.15, 0.2) is 0 Å². The second-order valence-electron chi connectivity index (χ2n) is 5.36. The zero-order valence-corrected chi connectivity index (χ0v) is 11.8. The largest absolute Gasteiger partial charge is 0.491 e. The minimum absolute atomic E-state index is 0.141. The Balaban J connectivity index is 1.91. The highest BCUT2D eigenvalue weighted by Crippen LogP contribution is 2.20. The summed E-state index contributed by atoms with van der Waals surface area (Å²) in [6, 6.07) is 8.24. The number of para-hydroxylation sites is 1. The van der Waals surface area contributed by atoms with Crippen molar-refractivity contribution < 1.29 is 9.47 Å². The lowest BCUT2D eigenvalue weighted by molar-refractivity contribution is -0.0404. The maximum Gasteiger partial charge on any atom is 0.122 e. The molecular formula is C15H24N2O2. The van der Waals surface area contributed by atoms with Crippen LogP contribution in [0.4, 0.5) is 0 Å². The molecule has 4 nitrogen and oxygen atoms in total. The molecule has 0 saturated carbocycles. The lowest BCUT2D eigenvalue weighted by Crippen LogP contribution is -2.42. The minimum Gasteiger partial charge on any atom is -0.491 e. The number of hydrogen-bond acceptors (Lipinski definition) is 4. The fourth-order valence-electron chi connectivity index (χ4n) is 2.31. The molecule has 1 aromatic rings. The first-order valence-corrected chi connectivity index (χ1v) is 6.91. The van der Waals surface area contributed by atoms with Gasteiger partial charge >= 0.3 is 0 Å². The van der Waals surface area contributed by atoms with Crippen molar-refractivity contribution in [3.63, 3.8) is 0 Å². The molecule has 2 N–H and O–H groups in total. The van der Waals surface area contributed by atoms with Crippen molar-refractivity contribution in [2.75, 3.05) is 33.4 Å². The molecule has 2 atom stereocenters. The summed E-state index contributed by atoms with van der Waals surface area (Å²) < 4.78 is 11.6. The van der Waals surface area contributed by atoms with Crippen LogP contribution in [0.1, 0.15) is 12.5 Å². The molecule has 0 spiro atoms. The van der Waals surface area contributed by atoms with Crippen LogP contribution in [0.15, 0.2) is 24.3 Å². The van der Waals surface area contributed by atoms with Crippen molar-refractivity contribution in [1.82, 2.24) is 4.90 Å². The van der Waals surface area contributed by atoms with Crippen molar-refractivity contribution in [2.45, 2.75) is 25.5 Å². The Morgan fingerprint density at radius 3 is 3.00 bits per heavy atom. The van der Waals surface area contributed by atoms with Crippen LogP contribution in [0.5, 0.6) is 5.75 Å². The Bertz CT molecular complexity index is 395. The third kappa shape index (κ3) is 4.49. The highest BCUT2D eigenvalue weighted by molar-refractivity contribution is 5.33. The highest BCUT2D eigenvalue weighted by Gasteiger charge is 2.18. The van der Waals surface area contributed by atoms with Gasteiger partial charge in [-0.15, -0.1) is 0 Å². The average molecular weight is 264 g/mol. The summed E-state index contributed by atoms with van der Waals surface area (Å²) in [5.41, 5.74) is 7.03. The van der Waals surface area contributed by atoms with Crippen LogP contribution < -0.4 is 10.5 Å². The van der Waals surface area contributed by atoms with Gasteiger partial charge in [-0.1, -0.05) is 18.2 Å². The van der Waals surface area contributed by atoms with Crippen LogP contribution in [-0.2, 0) is 11.2 Å². The van der Waals surface area contributed by atoms with Gasteiger partial charge in [0.25, 0.3) is 0 Å². The number of nitrogens with two attached hydrogens (primary N) is 1. The molecular weight excluding hydrogens is 240 g/mol. The fourth-order valence-corrected chi connectivity index (χ4v) is 2.31. The lowest BCUT2D eigenvalue weighted by Gasteiger charge is -2.30. The maximum atomic E-state index is 5.92. The molecule has 1 aliphatic heterocycles. The van der Waals surface area contributed by atoms with E-state index in [4.69, 9.17) is 15.2 Å². The van der Waals surface area contributed by atoms with E-state index in [2.05, 4.69) is 18.0 Å². The van der Waals surface area contributed by atoms with Crippen LogP contribution >= 0.6 is 0 Å². The normalized spacial score (nSPS) is 22.2. The summed E-state index contributed by atoms with van der Waals surface area (Å²) in [5, 5.41) is 0. The Kier molecular flexibility index (Phi) is 5.19. The minimum atomic E-state index is 0.141. The van der Waals surface area contributed by atoms with Crippen molar-refractivity contribution in [3.05, 3.63) is 29.8 Å². The molecule has 2 rings (SSSR count). The second kappa shape index (κ2) is 6.89. The Hall–Kier alpha value is -1.10. The van der Waals surface area contributed by atoms with E-state index in [1.165, 1.54) is 5.56 Å². The first kappa shape index (κ1) is 14.3. The zero-order valence-electron chi connectivity index (χ0n) is 11.8. The quantitative estimate of drug-likeness (QED) is 0.870. The number of hydrogen-bond donors (Lipinski definition) is 1. The molecule has 4 heteroatoms. The van der Waals surface area contributed by atoms with Gasteiger partial charge in [0.05, 0.1) is 6.61 Å². The van der Waals surface area contributed by atoms with E-state index in [1.807, 2.05) is 25.1 Å². The number of rotatable bonds is 5. The molecule has 1 heterocycles. The van der Waals surface area contributed by atoms with Crippen molar-refractivity contribution in [3.8, 4) is 5.75 Å². The van der Waals surface area contributed by atoms with Gasteiger partial charge in [-0.2, -0.15) is 0 Å². The van der Waals surface area contributed by atoms with Gasteiger partial charge in [-0.3, -0.25) is 0 Å². The monoisotopic (exact) mass is 264 g/mol. The fraction of sp³-hybridized carbons (Fsp3) is 0.600. The van der Waals surface area contributed by atoms with Crippen LogP contribution in [0, 0.1) is 0 Å². The molecule has 1 aromatic carbocycles. The van der Waals surface area contributed by atoms with Gasteiger partial charge in [-0.25, -0.2) is 0 Å². The van der Waals surface area contributed by atoms with Crippen LogP contribution in [-0.4, -0.2) is 50.4 Å². The smallest absolute Gasteiger partial charge is 0.122 e. The molecule has 0 aliphatic carbocycles. The SMILES string of the molecule is CC(N)Cc1ccccc1OCC1CN(C)CCO1. The molecule has 19 heavy (non-hydrogen) atoms. The van der Waals surface area contributed by atoms with Crippen LogP contribution in [0.3, 0.4) is 0 Å². The zero-order chi connectivity index (χ0) is 13.7. The van der Waals surface area contributed by atoms with E-state index in [9.17, 15) is 0 Å². The Labute approximate surface area is 115 Å². The molecule has 0 radical (unpaired) electrons. The van der Waals surface area contributed by atoms with Crippen molar-refractivity contribution in [2.24, 2.45) is 5.73 Å². The number of likely N-dealkylation sites (N-methyl/N-ethyl adjacent to an activating group) is 1. The predicted octanol–water partition coefficient (Wildman–Crippen LogP) is 1.29. The Morgan fingerprint density at radius 1 is 1.47 bits per heavy atom. The summed E-state index contributed by atoms with van der Waals surface area (Å²) in [6.07, 6.45) is 0.990. The van der Waals surface area contributed by atoms with Gasteiger partial charge in [-0.05, 0) is 32.0 Å². The van der Waals surface area contributed by atoms with Gasteiger partial charge in [0.2, 0.25) is 0 Å². The highest BCUT2D eigenvalue weighted by atomic mass is 16.5. The third-order valence-corrected chi connectivity index (χ3v) is 3.28.